The zero-order valence-electron chi connectivity index (χ0n) is 12.5. The van der Waals surface area contributed by atoms with E-state index in [1.165, 1.54) is 32.1 Å². The van der Waals surface area contributed by atoms with Gasteiger partial charge in [0.1, 0.15) is 5.76 Å². The Labute approximate surface area is 121 Å². The molecule has 1 aromatic heterocycles. The van der Waals surface area contributed by atoms with E-state index in [-0.39, 0.29) is 11.9 Å². The van der Waals surface area contributed by atoms with Crippen LogP contribution in [0, 0.1) is 5.92 Å². The van der Waals surface area contributed by atoms with Crippen LogP contribution in [0.2, 0.25) is 0 Å². The van der Waals surface area contributed by atoms with Crippen LogP contribution in [-0.2, 0) is 11.3 Å². The number of nitrogens with one attached hydrogen (secondary N) is 2. The molecule has 1 aliphatic rings. The lowest BCUT2D eigenvalue weighted by Gasteiger charge is -2.21. The molecule has 1 heterocycles. The summed E-state index contributed by atoms with van der Waals surface area (Å²) in [5, 5.41) is 6.37. The molecule has 0 aromatic carbocycles. The summed E-state index contributed by atoms with van der Waals surface area (Å²) in [4.78, 5) is 12.0. The molecule has 4 nitrogen and oxygen atoms in total. The van der Waals surface area contributed by atoms with Crippen LogP contribution in [0.25, 0.3) is 0 Å². The highest BCUT2D eigenvalue weighted by atomic mass is 16.3. The number of hydrogen-bond donors (Lipinski definition) is 2. The lowest BCUT2D eigenvalue weighted by atomic mass is 10.0. The minimum absolute atomic E-state index is 0.0405. The van der Waals surface area contributed by atoms with Crippen LogP contribution in [0.5, 0.6) is 0 Å². The average Bonchev–Trinajstić information content (AvgIpc) is 2.87. The van der Waals surface area contributed by atoms with Crippen molar-refractivity contribution in [2.24, 2.45) is 5.92 Å². The summed E-state index contributed by atoms with van der Waals surface area (Å²) in [6, 6.07) is 4.02. The molecule has 112 valence electrons. The topological polar surface area (TPSA) is 54.3 Å². The molecule has 3 atom stereocenters. The van der Waals surface area contributed by atoms with Gasteiger partial charge in [0, 0.05) is 6.04 Å². The van der Waals surface area contributed by atoms with E-state index >= 15 is 0 Å². The molecule has 1 amide bonds. The molecule has 0 radical (unpaired) electrons. The quantitative estimate of drug-likeness (QED) is 0.814. The molecule has 4 heteroatoms. The molecule has 1 fully saturated rings. The molecule has 20 heavy (non-hydrogen) atoms. The van der Waals surface area contributed by atoms with Crippen LogP contribution in [0.3, 0.4) is 0 Å². The summed E-state index contributed by atoms with van der Waals surface area (Å²) in [6.45, 7) is 4.72. The Bertz CT molecular complexity index is 403. The smallest absolute Gasteiger partial charge is 0.237 e. The SMILES string of the molecule is CC1CCCC(NC(C)C(=O)NCc2ccco2)CC1. The van der Waals surface area contributed by atoms with Gasteiger partial charge in [0.15, 0.2) is 0 Å². The standard InChI is InChI=1S/C16H26N2O2/c1-12-5-3-6-14(9-8-12)18-13(2)16(19)17-11-15-7-4-10-20-15/h4,7,10,12-14,18H,3,5-6,8-9,11H2,1-2H3,(H,17,19). The molecule has 0 spiro atoms. The van der Waals surface area contributed by atoms with E-state index in [0.29, 0.717) is 12.6 Å². The van der Waals surface area contributed by atoms with E-state index in [1.807, 2.05) is 19.1 Å². The van der Waals surface area contributed by atoms with Crippen molar-refractivity contribution in [3.05, 3.63) is 24.2 Å². The number of hydrogen-bond acceptors (Lipinski definition) is 3. The maximum atomic E-state index is 12.0. The Morgan fingerprint density at radius 2 is 2.25 bits per heavy atom. The second-order valence-electron chi connectivity index (χ2n) is 6.00. The van der Waals surface area contributed by atoms with Gasteiger partial charge in [0.25, 0.3) is 0 Å². The van der Waals surface area contributed by atoms with Gasteiger partial charge in [0.05, 0.1) is 18.8 Å². The summed E-state index contributed by atoms with van der Waals surface area (Å²) in [5.74, 6) is 1.65. The maximum Gasteiger partial charge on any atom is 0.237 e. The third-order valence-corrected chi connectivity index (χ3v) is 4.15. The van der Waals surface area contributed by atoms with E-state index in [1.54, 1.807) is 6.26 Å². The van der Waals surface area contributed by atoms with Gasteiger partial charge in [-0.05, 0) is 44.2 Å². The summed E-state index contributed by atoms with van der Waals surface area (Å²) in [5.41, 5.74) is 0. The average molecular weight is 278 g/mol. The first-order valence-corrected chi connectivity index (χ1v) is 7.71. The molecular weight excluding hydrogens is 252 g/mol. The predicted molar refractivity (Wildman–Crippen MR) is 79.2 cm³/mol. The van der Waals surface area contributed by atoms with E-state index in [9.17, 15) is 4.79 Å². The third kappa shape index (κ3) is 4.67. The monoisotopic (exact) mass is 278 g/mol. The van der Waals surface area contributed by atoms with Crippen molar-refractivity contribution in [1.82, 2.24) is 10.6 Å². The number of amides is 1. The molecule has 0 bridgehead atoms. The van der Waals surface area contributed by atoms with Crippen molar-refractivity contribution < 1.29 is 9.21 Å². The maximum absolute atomic E-state index is 12.0. The van der Waals surface area contributed by atoms with Crippen molar-refractivity contribution in [1.29, 1.82) is 0 Å². The van der Waals surface area contributed by atoms with Crippen molar-refractivity contribution in [2.45, 2.75) is 64.6 Å². The lowest BCUT2D eigenvalue weighted by molar-refractivity contribution is -0.123. The van der Waals surface area contributed by atoms with Gasteiger partial charge in [-0.1, -0.05) is 19.8 Å². The Morgan fingerprint density at radius 1 is 1.40 bits per heavy atom. The third-order valence-electron chi connectivity index (χ3n) is 4.15. The van der Waals surface area contributed by atoms with Gasteiger partial charge in [-0.25, -0.2) is 0 Å². The second kappa shape index (κ2) is 7.48. The van der Waals surface area contributed by atoms with Gasteiger partial charge in [0.2, 0.25) is 5.91 Å². The van der Waals surface area contributed by atoms with Gasteiger partial charge in [-0.2, -0.15) is 0 Å². The van der Waals surface area contributed by atoms with Crippen LogP contribution in [0.4, 0.5) is 0 Å². The molecule has 2 rings (SSSR count). The highest BCUT2D eigenvalue weighted by Crippen LogP contribution is 2.22. The molecule has 2 N–H and O–H groups in total. The fourth-order valence-corrected chi connectivity index (χ4v) is 2.82. The van der Waals surface area contributed by atoms with Gasteiger partial charge < -0.3 is 15.1 Å². The molecule has 1 saturated carbocycles. The first-order chi connectivity index (χ1) is 9.65. The van der Waals surface area contributed by atoms with Crippen molar-refractivity contribution in [3.63, 3.8) is 0 Å². The van der Waals surface area contributed by atoms with Crippen LogP contribution in [0.1, 0.15) is 51.7 Å². The van der Waals surface area contributed by atoms with Crippen molar-refractivity contribution in [3.8, 4) is 0 Å². The van der Waals surface area contributed by atoms with Crippen molar-refractivity contribution >= 4 is 5.91 Å². The van der Waals surface area contributed by atoms with Crippen LogP contribution in [-0.4, -0.2) is 18.0 Å². The number of furan rings is 1. The van der Waals surface area contributed by atoms with E-state index in [2.05, 4.69) is 17.6 Å². The minimum Gasteiger partial charge on any atom is -0.467 e. The summed E-state index contributed by atoms with van der Waals surface area (Å²) >= 11 is 0. The van der Waals surface area contributed by atoms with Crippen LogP contribution >= 0.6 is 0 Å². The van der Waals surface area contributed by atoms with Gasteiger partial charge in [-0.3, -0.25) is 4.79 Å². The molecule has 3 unspecified atom stereocenters. The first-order valence-electron chi connectivity index (χ1n) is 7.71. The zero-order chi connectivity index (χ0) is 14.4. The molecule has 1 aromatic rings. The molecule has 0 saturated heterocycles. The fourth-order valence-electron chi connectivity index (χ4n) is 2.82. The largest absolute Gasteiger partial charge is 0.467 e. The summed E-state index contributed by atoms with van der Waals surface area (Å²) < 4.78 is 5.21. The highest BCUT2D eigenvalue weighted by Gasteiger charge is 2.20. The van der Waals surface area contributed by atoms with E-state index < -0.39 is 0 Å². The van der Waals surface area contributed by atoms with Crippen LogP contribution < -0.4 is 10.6 Å². The normalized spacial score (nSPS) is 24.9. The second-order valence-corrected chi connectivity index (χ2v) is 6.00. The van der Waals surface area contributed by atoms with Crippen LogP contribution in [0.15, 0.2) is 22.8 Å². The van der Waals surface area contributed by atoms with E-state index in [0.717, 1.165) is 11.7 Å². The predicted octanol–water partition coefficient (Wildman–Crippen LogP) is 2.84. The fraction of sp³-hybridized carbons (Fsp3) is 0.688. The summed E-state index contributed by atoms with van der Waals surface area (Å²) in [6.07, 6.45) is 7.82. The highest BCUT2D eigenvalue weighted by molar-refractivity contribution is 5.81. The summed E-state index contributed by atoms with van der Waals surface area (Å²) in [7, 11) is 0. The van der Waals surface area contributed by atoms with Gasteiger partial charge >= 0.3 is 0 Å². The Morgan fingerprint density at radius 3 is 3.00 bits per heavy atom. The Balaban J connectivity index is 1.72. The molecule has 0 aliphatic heterocycles. The first kappa shape index (κ1) is 15.1. The van der Waals surface area contributed by atoms with Crippen molar-refractivity contribution in [2.75, 3.05) is 0 Å². The van der Waals surface area contributed by atoms with E-state index in [4.69, 9.17) is 4.42 Å². The minimum atomic E-state index is -0.150. The number of carbonyl (C=O) groups is 1. The Kier molecular flexibility index (Phi) is 5.65. The van der Waals surface area contributed by atoms with Gasteiger partial charge in [-0.15, -0.1) is 0 Å². The molecule has 1 aliphatic carbocycles. The Hall–Kier alpha value is -1.29. The number of rotatable bonds is 5. The zero-order valence-corrected chi connectivity index (χ0v) is 12.5. The lowest BCUT2D eigenvalue weighted by Crippen LogP contribution is -2.46. The molecular formula is C16H26N2O2. The number of carbonyl (C=O) groups excluding carboxylic acids is 1.